The molecule has 0 bridgehead atoms. The van der Waals surface area contributed by atoms with Crippen LogP contribution in [0.5, 0.6) is 0 Å². The smallest absolute Gasteiger partial charge is 0.416 e. The Kier molecular flexibility index (Phi) is 5.61. The summed E-state index contributed by atoms with van der Waals surface area (Å²) in [6, 6.07) is 7.22. The van der Waals surface area contributed by atoms with Crippen molar-refractivity contribution < 1.29 is 27.9 Å². The Balaban J connectivity index is 2.07. The van der Waals surface area contributed by atoms with Crippen LogP contribution in [0, 0.1) is 0 Å². The van der Waals surface area contributed by atoms with E-state index in [1.54, 1.807) is 17.5 Å². The molecule has 0 aliphatic heterocycles. The number of nitrogens with one attached hydrogen (secondary N) is 1. The maximum absolute atomic E-state index is 12.7. The summed E-state index contributed by atoms with van der Waals surface area (Å²) in [4.78, 5) is 23.7. The summed E-state index contributed by atoms with van der Waals surface area (Å²) >= 11 is 1.30. The van der Waals surface area contributed by atoms with Gasteiger partial charge in [-0.25, -0.2) is 0 Å². The first kappa shape index (κ1) is 18.0. The molecule has 0 radical (unpaired) electrons. The molecule has 0 saturated heterocycles. The monoisotopic (exact) mass is 357 g/mol. The van der Waals surface area contributed by atoms with Gasteiger partial charge in [0.1, 0.15) is 0 Å². The summed E-state index contributed by atoms with van der Waals surface area (Å²) in [5.41, 5.74) is -0.615. The van der Waals surface area contributed by atoms with Crippen molar-refractivity contribution in [1.29, 1.82) is 0 Å². The van der Waals surface area contributed by atoms with Gasteiger partial charge >= 0.3 is 12.1 Å². The summed E-state index contributed by atoms with van der Waals surface area (Å²) in [5, 5.41) is 13.3. The van der Waals surface area contributed by atoms with Crippen LogP contribution in [0.2, 0.25) is 0 Å². The lowest BCUT2D eigenvalue weighted by molar-refractivity contribution is -0.138. The van der Waals surface area contributed by atoms with Gasteiger partial charge in [0.25, 0.3) is 0 Å². The Labute approximate surface area is 139 Å². The molecule has 2 aromatic rings. The van der Waals surface area contributed by atoms with Crippen molar-refractivity contribution in [3.63, 3.8) is 0 Å². The number of hydrogen-bond donors (Lipinski definition) is 2. The van der Waals surface area contributed by atoms with Gasteiger partial charge in [-0.15, -0.1) is 11.3 Å². The first-order chi connectivity index (χ1) is 11.3. The van der Waals surface area contributed by atoms with E-state index in [9.17, 15) is 22.8 Å². The van der Waals surface area contributed by atoms with Gasteiger partial charge in [0, 0.05) is 4.88 Å². The van der Waals surface area contributed by atoms with Gasteiger partial charge in [-0.1, -0.05) is 24.3 Å². The van der Waals surface area contributed by atoms with E-state index in [0.717, 1.165) is 12.1 Å². The fourth-order valence-corrected chi connectivity index (χ4v) is 2.95. The third kappa shape index (κ3) is 5.09. The quantitative estimate of drug-likeness (QED) is 0.829. The predicted octanol–water partition coefficient (Wildman–Crippen LogP) is 3.64. The minimum Gasteiger partial charge on any atom is -0.481 e. The average molecular weight is 357 g/mol. The zero-order valence-corrected chi connectivity index (χ0v) is 13.2. The van der Waals surface area contributed by atoms with E-state index >= 15 is 0 Å². The molecule has 24 heavy (non-hydrogen) atoms. The Morgan fingerprint density at radius 1 is 1.21 bits per heavy atom. The van der Waals surface area contributed by atoms with E-state index in [-0.39, 0.29) is 18.4 Å². The molecule has 8 heteroatoms. The number of halogens is 3. The third-order valence-electron chi connectivity index (χ3n) is 3.22. The number of thiophene rings is 1. The maximum Gasteiger partial charge on any atom is 0.416 e. The molecule has 1 amide bonds. The first-order valence-corrected chi connectivity index (χ1v) is 7.84. The molecule has 1 heterocycles. The molecule has 1 aromatic carbocycles. The number of rotatable bonds is 6. The van der Waals surface area contributed by atoms with Crippen molar-refractivity contribution in [1.82, 2.24) is 5.32 Å². The fraction of sp³-hybridized carbons (Fsp3) is 0.250. The third-order valence-corrected chi connectivity index (χ3v) is 4.21. The van der Waals surface area contributed by atoms with Crippen LogP contribution in [-0.2, 0) is 22.2 Å². The lowest BCUT2D eigenvalue weighted by Gasteiger charge is -2.16. The minimum atomic E-state index is -4.48. The number of hydrogen-bond acceptors (Lipinski definition) is 3. The van der Waals surface area contributed by atoms with Gasteiger partial charge in [0.15, 0.2) is 0 Å². The maximum atomic E-state index is 12.7. The topological polar surface area (TPSA) is 66.4 Å². The van der Waals surface area contributed by atoms with Crippen LogP contribution in [0.25, 0.3) is 0 Å². The summed E-state index contributed by atoms with van der Waals surface area (Å²) in [5.74, 6) is -1.61. The molecule has 1 aromatic heterocycles. The van der Waals surface area contributed by atoms with E-state index in [2.05, 4.69) is 5.32 Å². The normalized spacial score (nSPS) is 12.6. The van der Waals surface area contributed by atoms with Crippen molar-refractivity contribution in [3.05, 3.63) is 57.8 Å². The van der Waals surface area contributed by atoms with Crippen LogP contribution < -0.4 is 5.32 Å². The Morgan fingerprint density at radius 2 is 1.96 bits per heavy atom. The van der Waals surface area contributed by atoms with Gasteiger partial charge in [-0.2, -0.15) is 13.2 Å². The molecule has 2 N–H and O–H groups in total. The molecule has 0 aliphatic carbocycles. The van der Waals surface area contributed by atoms with Gasteiger partial charge < -0.3 is 10.4 Å². The second kappa shape index (κ2) is 7.48. The molecular weight excluding hydrogens is 343 g/mol. The van der Waals surface area contributed by atoms with E-state index < -0.39 is 29.7 Å². The number of carbonyl (C=O) groups excluding carboxylic acids is 1. The molecule has 0 unspecified atom stereocenters. The van der Waals surface area contributed by atoms with Crippen LogP contribution in [0.15, 0.2) is 41.8 Å². The summed E-state index contributed by atoms with van der Waals surface area (Å²) in [6.45, 7) is 0. The average Bonchev–Trinajstić information content (AvgIpc) is 2.99. The molecule has 1 atom stereocenters. The standard InChI is InChI=1S/C16H14F3NO3S/c17-16(18,19)11-4-1-3-10(7-11)8-14(21)20-12(9-15(22)23)13-5-2-6-24-13/h1-7,12H,8-9H2,(H,20,21)(H,22,23)/t12-/m0/s1. The molecule has 0 aliphatic rings. The zero-order chi connectivity index (χ0) is 17.7. The number of carboxylic acids is 1. The fourth-order valence-electron chi connectivity index (χ4n) is 2.18. The second-order valence-electron chi connectivity index (χ2n) is 5.11. The second-order valence-corrected chi connectivity index (χ2v) is 6.09. The molecule has 128 valence electrons. The molecule has 0 saturated carbocycles. The van der Waals surface area contributed by atoms with Crippen LogP contribution in [0.1, 0.15) is 28.5 Å². The highest BCUT2D eigenvalue weighted by molar-refractivity contribution is 7.10. The minimum absolute atomic E-state index is 0.211. The van der Waals surface area contributed by atoms with Crippen LogP contribution in [0.3, 0.4) is 0 Å². The highest BCUT2D eigenvalue weighted by atomic mass is 32.1. The van der Waals surface area contributed by atoms with Crippen molar-refractivity contribution in [2.75, 3.05) is 0 Å². The van der Waals surface area contributed by atoms with Crippen LogP contribution in [0.4, 0.5) is 13.2 Å². The SMILES string of the molecule is O=C(O)C[C@H](NC(=O)Cc1cccc(C(F)(F)F)c1)c1cccs1. The largest absolute Gasteiger partial charge is 0.481 e. The van der Waals surface area contributed by atoms with Crippen molar-refractivity contribution >= 4 is 23.2 Å². The number of carbonyl (C=O) groups is 2. The van der Waals surface area contributed by atoms with Crippen molar-refractivity contribution in [3.8, 4) is 0 Å². The zero-order valence-electron chi connectivity index (χ0n) is 12.3. The number of aliphatic carboxylic acids is 1. The predicted molar refractivity (Wildman–Crippen MR) is 82.6 cm³/mol. The molecular formula is C16H14F3NO3S. The lowest BCUT2D eigenvalue weighted by atomic mass is 10.1. The molecule has 2 rings (SSSR count). The number of benzene rings is 1. The van der Waals surface area contributed by atoms with Crippen molar-refractivity contribution in [2.45, 2.75) is 25.1 Å². The van der Waals surface area contributed by atoms with Crippen molar-refractivity contribution in [2.24, 2.45) is 0 Å². The molecule has 4 nitrogen and oxygen atoms in total. The highest BCUT2D eigenvalue weighted by Gasteiger charge is 2.30. The van der Waals surface area contributed by atoms with E-state index in [1.165, 1.54) is 23.5 Å². The Hall–Kier alpha value is -2.35. The lowest BCUT2D eigenvalue weighted by Crippen LogP contribution is -2.31. The van der Waals surface area contributed by atoms with Gasteiger partial charge in [-0.3, -0.25) is 9.59 Å². The van der Waals surface area contributed by atoms with Gasteiger partial charge in [0.2, 0.25) is 5.91 Å². The van der Waals surface area contributed by atoms with E-state index in [0.29, 0.717) is 4.88 Å². The summed E-state index contributed by atoms with van der Waals surface area (Å²) < 4.78 is 38.0. The number of alkyl halides is 3. The van der Waals surface area contributed by atoms with E-state index in [4.69, 9.17) is 5.11 Å². The summed E-state index contributed by atoms with van der Waals surface area (Å²) in [7, 11) is 0. The van der Waals surface area contributed by atoms with Crippen LogP contribution in [-0.4, -0.2) is 17.0 Å². The number of amides is 1. The first-order valence-electron chi connectivity index (χ1n) is 6.96. The van der Waals surface area contributed by atoms with E-state index in [1.807, 2.05) is 0 Å². The van der Waals surface area contributed by atoms with Gasteiger partial charge in [-0.05, 0) is 23.1 Å². The Morgan fingerprint density at radius 3 is 2.54 bits per heavy atom. The number of carboxylic acid groups (broad SMARTS) is 1. The van der Waals surface area contributed by atoms with Gasteiger partial charge in [0.05, 0.1) is 24.4 Å². The Bertz CT molecular complexity index is 714. The summed E-state index contributed by atoms with van der Waals surface area (Å²) in [6.07, 6.45) is -5.03. The van der Waals surface area contributed by atoms with Crippen LogP contribution >= 0.6 is 11.3 Å². The molecule has 0 fully saturated rings. The highest BCUT2D eigenvalue weighted by Crippen LogP contribution is 2.29. The molecule has 0 spiro atoms.